The van der Waals surface area contributed by atoms with Crippen molar-refractivity contribution in [2.24, 2.45) is 0 Å². The van der Waals surface area contributed by atoms with Gasteiger partial charge in [0.1, 0.15) is 12.7 Å². The van der Waals surface area contributed by atoms with Crippen molar-refractivity contribution in [3.63, 3.8) is 0 Å². The summed E-state index contributed by atoms with van der Waals surface area (Å²) in [4.78, 5) is 33.1. The topological polar surface area (TPSA) is 88.1 Å². The Morgan fingerprint density at radius 2 is 1.70 bits per heavy atom. The van der Waals surface area contributed by atoms with Crippen LogP contribution in [-0.2, 0) is 30.3 Å². The van der Waals surface area contributed by atoms with Crippen molar-refractivity contribution < 1.29 is 33.3 Å². The summed E-state index contributed by atoms with van der Waals surface area (Å²) < 4.78 is 20.2. The van der Waals surface area contributed by atoms with E-state index in [2.05, 4.69) is 0 Å². The van der Waals surface area contributed by atoms with Gasteiger partial charge < -0.3 is 18.9 Å². The van der Waals surface area contributed by atoms with Crippen LogP contribution < -0.4 is 9.47 Å². The summed E-state index contributed by atoms with van der Waals surface area (Å²) in [6.07, 6.45) is -0.287. The van der Waals surface area contributed by atoms with Gasteiger partial charge in [-0.2, -0.15) is 0 Å². The van der Waals surface area contributed by atoms with Gasteiger partial charge in [-0.1, -0.05) is 6.07 Å². The number of ether oxygens (including phenoxy) is 4. The first-order valence-corrected chi connectivity index (χ1v) is 6.97. The van der Waals surface area contributed by atoms with E-state index in [1.165, 1.54) is 27.9 Å². The number of esters is 3. The van der Waals surface area contributed by atoms with Crippen molar-refractivity contribution in [1.29, 1.82) is 0 Å². The van der Waals surface area contributed by atoms with E-state index >= 15 is 0 Å². The zero-order valence-electron chi connectivity index (χ0n) is 13.6. The number of rotatable bonds is 7. The molecule has 0 N–H and O–H groups in total. The van der Waals surface area contributed by atoms with Crippen LogP contribution in [0.4, 0.5) is 0 Å². The Bertz CT molecular complexity index is 580. The van der Waals surface area contributed by atoms with Crippen molar-refractivity contribution in [3.8, 4) is 11.5 Å². The van der Waals surface area contributed by atoms with Crippen molar-refractivity contribution >= 4 is 17.9 Å². The van der Waals surface area contributed by atoms with Crippen LogP contribution in [0.15, 0.2) is 18.2 Å². The van der Waals surface area contributed by atoms with Gasteiger partial charge in [0.05, 0.1) is 7.11 Å². The average molecular weight is 324 g/mol. The molecule has 0 aliphatic rings. The van der Waals surface area contributed by atoms with E-state index in [1.807, 2.05) is 0 Å². The summed E-state index contributed by atoms with van der Waals surface area (Å²) in [7, 11) is 1.45. The van der Waals surface area contributed by atoms with Crippen LogP contribution in [0.3, 0.4) is 0 Å². The van der Waals surface area contributed by atoms with Gasteiger partial charge in [0, 0.05) is 27.2 Å². The van der Waals surface area contributed by atoms with E-state index in [9.17, 15) is 14.4 Å². The lowest BCUT2D eigenvalue weighted by Gasteiger charge is -2.17. The molecule has 0 bridgehead atoms. The van der Waals surface area contributed by atoms with E-state index in [-0.39, 0.29) is 6.61 Å². The molecule has 0 aliphatic carbocycles. The summed E-state index contributed by atoms with van der Waals surface area (Å²) in [6.45, 7) is 3.82. The Labute approximate surface area is 134 Å². The standard InChI is InChI=1S/C16H20O7/c1-10(17)21-9-14(22-11(2)18)7-13-5-6-15(23-12(3)19)16(8-13)20-4/h5-6,8,14H,7,9H2,1-4H3/t14-/m1/s1. The first-order chi connectivity index (χ1) is 10.8. The van der Waals surface area contributed by atoms with Crippen LogP contribution in [-0.4, -0.2) is 37.7 Å². The minimum atomic E-state index is -0.610. The Balaban J connectivity index is 2.87. The molecular weight excluding hydrogens is 304 g/mol. The fraction of sp³-hybridized carbons (Fsp3) is 0.438. The summed E-state index contributed by atoms with van der Waals surface area (Å²) in [5, 5.41) is 0. The summed E-state index contributed by atoms with van der Waals surface area (Å²) in [5.41, 5.74) is 0.774. The number of hydrogen-bond acceptors (Lipinski definition) is 7. The number of hydrogen-bond donors (Lipinski definition) is 0. The van der Waals surface area contributed by atoms with Gasteiger partial charge in [-0.25, -0.2) is 0 Å². The van der Waals surface area contributed by atoms with Crippen LogP contribution in [0.1, 0.15) is 26.3 Å². The van der Waals surface area contributed by atoms with Crippen molar-refractivity contribution in [2.45, 2.75) is 33.3 Å². The maximum atomic E-state index is 11.1. The van der Waals surface area contributed by atoms with Crippen LogP contribution in [0.25, 0.3) is 0 Å². The fourth-order valence-corrected chi connectivity index (χ4v) is 1.92. The highest BCUT2D eigenvalue weighted by molar-refractivity contribution is 5.70. The van der Waals surface area contributed by atoms with Gasteiger partial charge in [0.2, 0.25) is 0 Å². The zero-order valence-corrected chi connectivity index (χ0v) is 13.6. The van der Waals surface area contributed by atoms with Gasteiger partial charge in [-0.15, -0.1) is 0 Å². The molecule has 0 unspecified atom stereocenters. The molecule has 7 nitrogen and oxygen atoms in total. The Kier molecular flexibility index (Phi) is 7.05. The lowest BCUT2D eigenvalue weighted by atomic mass is 10.1. The fourth-order valence-electron chi connectivity index (χ4n) is 1.92. The monoisotopic (exact) mass is 324 g/mol. The first-order valence-electron chi connectivity index (χ1n) is 6.97. The van der Waals surface area contributed by atoms with Gasteiger partial charge in [0.25, 0.3) is 0 Å². The lowest BCUT2D eigenvalue weighted by Crippen LogP contribution is -2.26. The molecule has 0 amide bonds. The Morgan fingerprint density at radius 1 is 1.00 bits per heavy atom. The summed E-state index contributed by atoms with van der Waals surface area (Å²) in [5.74, 6) is -0.696. The molecule has 0 saturated heterocycles. The zero-order chi connectivity index (χ0) is 17.4. The molecule has 7 heteroatoms. The predicted molar refractivity (Wildman–Crippen MR) is 80.2 cm³/mol. The van der Waals surface area contributed by atoms with E-state index in [0.29, 0.717) is 17.9 Å². The molecule has 0 radical (unpaired) electrons. The second-order valence-electron chi connectivity index (χ2n) is 4.82. The summed E-state index contributed by atoms with van der Waals surface area (Å²) in [6, 6.07) is 4.97. The van der Waals surface area contributed by atoms with Crippen LogP contribution in [0, 0.1) is 0 Å². The largest absolute Gasteiger partial charge is 0.493 e. The third-order valence-corrected chi connectivity index (χ3v) is 2.75. The molecule has 1 aromatic carbocycles. The third kappa shape index (κ3) is 6.82. The molecule has 1 atom stereocenters. The molecule has 0 aliphatic heterocycles. The van der Waals surface area contributed by atoms with Crippen LogP contribution in [0.2, 0.25) is 0 Å². The van der Waals surface area contributed by atoms with Gasteiger partial charge >= 0.3 is 17.9 Å². The molecular formula is C16H20O7. The van der Waals surface area contributed by atoms with Crippen molar-refractivity contribution in [1.82, 2.24) is 0 Å². The van der Waals surface area contributed by atoms with Crippen molar-refractivity contribution in [2.75, 3.05) is 13.7 Å². The summed E-state index contributed by atoms with van der Waals surface area (Å²) >= 11 is 0. The van der Waals surface area contributed by atoms with Crippen LogP contribution >= 0.6 is 0 Å². The van der Waals surface area contributed by atoms with Gasteiger partial charge in [0.15, 0.2) is 11.5 Å². The second kappa shape index (κ2) is 8.77. The first kappa shape index (κ1) is 18.5. The highest BCUT2D eigenvalue weighted by atomic mass is 16.6. The number of benzene rings is 1. The predicted octanol–water partition coefficient (Wildman–Crippen LogP) is 1.66. The SMILES string of the molecule is COc1cc(C[C@H](COC(C)=O)OC(C)=O)ccc1OC(C)=O. The highest BCUT2D eigenvalue weighted by Crippen LogP contribution is 2.28. The van der Waals surface area contributed by atoms with E-state index in [4.69, 9.17) is 18.9 Å². The average Bonchev–Trinajstić information content (AvgIpc) is 2.45. The molecule has 0 saturated carbocycles. The minimum Gasteiger partial charge on any atom is -0.493 e. The molecule has 126 valence electrons. The molecule has 0 spiro atoms. The van der Waals surface area contributed by atoms with E-state index in [1.54, 1.807) is 18.2 Å². The minimum absolute atomic E-state index is 0.0388. The molecule has 0 fully saturated rings. The lowest BCUT2D eigenvalue weighted by molar-refractivity contribution is -0.156. The maximum absolute atomic E-state index is 11.1. The number of carbonyl (C=O) groups excluding carboxylic acids is 3. The third-order valence-electron chi connectivity index (χ3n) is 2.75. The Morgan fingerprint density at radius 3 is 2.22 bits per heavy atom. The quantitative estimate of drug-likeness (QED) is 0.556. The van der Waals surface area contributed by atoms with Crippen LogP contribution in [0.5, 0.6) is 11.5 Å². The Hall–Kier alpha value is -2.57. The number of carbonyl (C=O) groups is 3. The number of methoxy groups -OCH3 is 1. The molecule has 0 heterocycles. The molecule has 1 aromatic rings. The smallest absolute Gasteiger partial charge is 0.308 e. The van der Waals surface area contributed by atoms with E-state index in [0.717, 1.165) is 5.56 Å². The molecule has 23 heavy (non-hydrogen) atoms. The molecule has 1 rings (SSSR count). The van der Waals surface area contributed by atoms with Gasteiger partial charge in [-0.05, 0) is 17.7 Å². The molecule has 0 aromatic heterocycles. The van der Waals surface area contributed by atoms with Crippen molar-refractivity contribution in [3.05, 3.63) is 23.8 Å². The second-order valence-corrected chi connectivity index (χ2v) is 4.82. The van der Waals surface area contributed by atoms with Gasteiger partial charge in [-0.3, -0.25) is 14.4 Å². The maximum Gasteiger partial charge on any atom is 0.308 e. The van der Waals surface area contributed by atoms with E-state index < -0.39 is 24.0 Å². The normalized spacial score (nSPS) is 11.3. The highest BCUT2D eigenvalue weighted by Gasteiger charge is 2.17.